The Bertz CT molecular complexity index is 760. The molecule has 0 aliphatic heterocycles. The molecule has 0 spiro atoms. The summed E-state index contributed by atoms with van der Waals surface area (Å²) < 4.78 is 23.5. The van der Waals surface area contributed by atoms with Crippen LogP contribution in [0.1, 0.15) is 5.69 Å². The van der Waals surface area contributed by atoms with Crippen LogP contribution in [0.25, 0.3) is 22.8 Å². The van der Waals surface area contributed by atoms with Gasteiger partial charge in [0.1, 0.15) is 12.1 Å². The molecule has 2 aromatic heterocycles. The van der Waals surface area contributed by atoms with Gasteiger partial charge in [-0.05, 0) is 30.3 Å². The van der Waals surface area contributed by atoms with Crippen LogP contribution in [0.5, 0.6) is 0 Å². The van der Waals surface area contributed by atoms with E-state index in [2.05, 4.69) is 4.98 Å². The largest absolute Gasteiger partial charge is 0.550 e. The van der Waals surface area contributed by atoms with Gasteiger partial charge in [0.15, 0.2) is 5.76 Å². The van der Waals surface area contributed by atoms with Crippen molar-refractivity contribution in [2.45, 2.75) is 6.42 Å². The summed E-state index contributed by atoms with van der Waals surface area (Å²) in [7, 11) is 0. The Labute approximate surface area is 118 Å². The van der Waals surface area contributed by atoms with E-state index >= 15 is 0 Å². The second-order valence-corrected chi connectivity index (χ2v) is 4.36. The second-order valence-electron chi connectivity index (χ2n) is 4.36. The molecule has 0 aliphatic carbocycles. The standard InChI is InChI=1S/C15H10FNO4/c16-11-3-1-9(2-4-11)15-17-12(7-13(18)19)14(21-15)10-5-6-20-8-10/h1-6,8H,7H2,(H,18,19)/p-1. The molecule has 0 unspecified atom stereocenters. The molecule has 0 amide bonds. The molecule has 0 saturated heterocycles. The van der Waals surface area contributed by atoms with E-state index in [4.69, 9.17) is 8.83 Å². The number of rotatable bonds is 4. The number of benzene rings is 1. The lowest BCUT2D eigenvalue weighted by Gasteiger charge is -1.98. The molecule has 0 radical (unpaired) electrons. The summed E-state index contributed by atoms with van der Waals surface area (Å²) in [5, 5.41) is 10.8. The van der Waals surface area contributed by atoms with Crippen molar-refractivity contribution in [3.8, 4) is 22.8 Å². The van der Waals surface area contributed by atoms with E-state index < -0.39 is 5.97 Å². The number of nitrogens with zero attached hydrogens (tertiary/aromatic N) is 1. The maximum Gasteiger partial charge on any atom is 0.227 e. The number of furan rings is 1. The van der Waals surface area contributed by atoms with Gasteiger partial charge in [-0.15, -0.1) is 0 Å². The van der Waals surface area contributed by atoms with Gasteiger partial charge >= 0.3 is 0 Å². The Morgan fingerprint density at radius 3 is 2.57 bits per heavy atom. The van der Waals surface area contributed by atoms with Crippen LogP contribution in [0.15, 0.2) is 51.7 Å². The number of carboxylic acids is 1. The number of carboxylic acid groups (broad SMARTS) is 1. The van der Waals surface area contributed by atoms with E-state index in [9.17, 15) is 14.3 Å². The highest BCUT2D eigenvalue weighted by Crippen LogP contribution is 2.30. The number of hydrogen-bond acceptors (Lipinski definition) is 5. The molecule has 0 fully saturated rings. The van der Waals surface area contributed by atoms with Crippen molar-refractivity contribution >= 4 is 5.97 Å². The van der Waals surface area contributed by atoms with Crippen molar-refractivity contribution in [3.63, 3.8) is 0 Å². The van der Waals surface area contributed by atoms with Crippen LogP contribution in [-0.4, -0.2) is 11.0 Å². The van der Waals surface area contributed by atoms with Gasteiger partial charge < -0.3 is 18.7 Å². The third-order valence-corrected chi connectivity index (χ3v) is 2.88. The summed E-state index contributed by atoms with van der Waals surface area (Å²) >= 11 is 0. The van der Waals surface area contributed by atoms with Crippen molar-refractivity contribution in [3.05, 3.63) is 54.4 Å². The van der Waals surface area contributed by atoms with E-state index in [0.717, 1.165) is 0 Å². The highest BCUT2D eigenvalue weighted by Gasteiger charge is 2.17. The smallest absolute Gasteiger partial charge is 0.227 e. The van der Waals surface area contributed by atoms with Crippen molar-refractivity contribution in [1.82, 2.24) is 4.98 Å². The molecule has 6 heteroatoms. The van der Waals surface area contributed by atoms with Gasteiger partial charge in [0.2, 0.25) is 5.89 Å². The number of halogens is 1. The predicted octanol–water partition coefficient (Wildman–Crippen LogP) is 2.03. The van der Waals surface area contributed by atoms with Gasteiger partial charge in [0.05, 0.1) is 17.5 Å². The van der Waals surface area contributed by atoms with Crippen LogP contribution < -0.4 is 5.11 Å². The maximum atomic E-state index is 12.9. The highest BCUT2D eigenvalue weighted by atomic mass is 19.1. The quantitative estimate of drug-likeness (QED) is 0.733. The lowest BCUT2D eigenvalue weighted by Crippen LogP contribution is -2.24. The zero-order valence-electron chi connectivity index (χ0n) is 10.7. The summed E-state index contributed by atoms with van der Waals surface area (Å²) in [5.74, 6) is -1.14. The minimum Gasteiger partial charge on any atom is -0.550 e. The number of aliphatic carboxylic acids is 1. The highest BCUT2D eigenvalue weighted by molar-refractivity contribution is 5.72. The normalized spacial score (nSPS) is 10.7. The molecule has 2 heterocycles. The van der Waals surface area contributed by atoms with Crippen molar-refractivity contribution < 1.29 is 23.1 Å². The molecule has 1 aromatic carbocycles. The van der Waals surface area contributed by atoms with Gasteiger partial charge in [-0.2, -0.15) is 0 Å². The van der Waals surface area contributed by atoms with Gasteiger partial charge in [0.25, 0.3) is 0 Å². The van der Waals surface area contributed by atoms with Crippen LogP contribution in [0.2, 0.25) is 0 Å². The third-order valence-electron chi connectivity index (χ3n) is 2.88. The zero-order valence-corrected chi connectivity index (χ0v) is 10.7. The van der Waals surface area contributed by atoms with Crippen molar-refractivity contribution in [2.24, 2.45) is 0 Å². The van der Waals surface area contributed by atoms with Crippen LogP contribution in [0, 0.1) is 5.82 Å². The van der Waals surface area contributed by atoms with Crippen LogP contribution in [0.4, 0.5) is 4.39 Å². The summed E-state index contributed by atoms with van der Waals surface area (Å²) in [6.45, 7) is 0. The topological polar surface area (TPSA) is 79.3 Å². The Morgan fingerprint density at radius 2 is 1.95 bits per heavy atom. The number of carbonyl (C=O) groups excluding carboxylic acids is 1. The monoisotopic (exact) mass is 286 g/mol. The SMILES string of the molecule is O=C([O-])Cc1nc(-c2ccc(F)cc2)oc1-c1ccoc1. The first-order chi connectivity index (χ1) is 10.1. The maximum absolute atomic E-state index is 12.9. The molecule has 0 aliphatic rings. The first-order valence-electron chi connectivity index (χ1n) is 6.11. The molecule has 106 valence electrons. The number of aromatic nitrogens is 1. The molecule has 0 bridgehead atoms. The van der Waals surface area contributed by atoms with Gasteiger partial charge in [-0.25, -0.2) is 9.37 Å². The van der Waals surface area contributed by atoms with Crippen molar-refractivity contribution in [2.75, 3.05) is 0 Å². The Kier molecular flexibility index (Phi) is 3.27. The van der Waals surface area contributed by atoms with E-state index in [1.54, 1.807) is 6.07 Å². The van der Waals surface area contributed by atoms with E-state index in [1.165, 1.54) is 36.8 Å². The number of hydrogen-bond donors (Lipinski definition) is 0. The van der Waals surface area contributed by atoms with E-state index in [-0.39, 0.29) is 23.8 Å². The fourth-order valence-electron chi connectivity index (χ4n) is 1.94. The summed E-state index contributed by atoms with van der Waals surface area (Å²) in [4.78, 5) is 15.0. The van der Waals surface area contributed by atoms with Crippen molar-refractivity contribution in [1.29, 1.82) is 0 Å². The van der Waals surface area contributed by atoms with Gasteiger partial charge in [-0.3, -0.25) is 0 Å². The average molecular weight is 286 g/mol. The fourth-order valence-corrected chi connectivity index (χ4v) is 1.94. The molecule has 3 rings (SSSR count). The van der Waals surface area contributed by atoms with E-state index in [1.807, 2.05) is 0 Å². The lowest BCUT2D eigenvalue weighted by atomic mass is 10.2. The molecule has 5 nitrogen and oxygen atoms in total. The Hall–Kier alpha value is -2.89. The van der Waals surface area contributed by atoms with Crippen LogP contribution >= 0.6 is 0 Å². The average Bonchev–Trinajstić information content (AvgIpc) is 3.08. The summed E-state index contributed by atoms with van der Waals surface area (Å²) in [6, 6.07) is 7.19. The Morgan fingerprint density at radius 1 is 1.19 bits per heavy atom. The molecule has 0 atom stereocenters. The second kappa shape index (κ2) is 5.24. The fraction of sp³-hybridized carbons (Fsp3) is 0.0667. The predicted molar refractivity (Wildman–Crippen MR) is 68.3 cm³/mol. The zero-order chi connectivity index (χ0) is 14.8. The summed E-state index contributed by atoms with van der Waals surface area (Å²) in [5.41, 5.74) is 1.36. The lowest BCUT2D eigenvalue weighted by molar-refractivity contribution is -0.304. The summed E-state index contributed by atoms with van der Waals surface area (Å²) in [6.07, 6.45) is 2.48. The van der Waals surface area contributed by atoms with Gasteiger partial charge in [-0.1, -0.05) is 0 Å². The minimum absolute atomic E-state index is 0.211. The van der Waals surface area contributed by atoms with Crippen LogP contribution in [0.3, 0.4) is 0 Å². The first kappa shape index (κ1) is 13.1. The molecule has 21 heavy (non-hydrogen) atoms. The first-order valence-corrected chi connectivity index (χ1v) is 6.11. The molecular weight excluding hydrogens is 277 g/mol. The van der Waals surface area contributed by atoms with Crippen LogP contribution in [-0.2, 0) is 11.2 Å². The minimum atomic E-state index is -1.27. The third kappa shape index (κ3) is 2.69. The molecule has 0 N–H and O–H groups in total. The number of carbonyl (C=O) groups is 1. The van der Waals surface area contributed by atoms with Gasteiger partial charge in [0, 0.05) is 18.0 Å². The molecule has 3 aromatic rings. The number of oxazole rings is 1. The molecular formula is C15H9FNO4-. The van der Waals surface area contributed by atoms with E-state index in [0.29, 0.717) is 16.9 Å². The molecule has 0 saturated carbocycles. The Balaban J connectivity index is 2.07.